The van der Waals surface area contributed by atoms with Gasteiger partial charge in [-0.25, -0.2) is 28.2 Å². The largest absolute Gasteiger partial charge is 0.465 e. The van der Waals surface area contributed by atoms with Crippen LogP contribution in [0.25, 0.3) is 22.3 Å². The summed E-state index contributed by atoms with van der Waals surface area (Å²) in [4.78, 5) is 21.4. The molecular weight excluding hydrogens is 446 g/mol. The molecule has 2 aromatic heterocycles. The number of amides is 1. The second kappa shape index (κ2) is 8.58. The lowest BCUT2D eigenvalue weighted by Crippen LogP contribution is -2.37. The number of hydrogen-bond donors (Lipinski definition) is 2. The molecule has 5 rings (SSSR count). The zero-order valence-electron chi connectivity index (χ0n) is 17.9. The summed E-state index contributed by atoms with van der Waals surface area (Å²) < 4.78 is 34.1. The van der Waals surface area contributed by atoms with E-state index in [0.29, 0.717) is 41.1 Å². The van der Waals surface area contributed by atoms with Gasteiger partial charge in [0.25, 0.3) is 0 Å². The van der Waals surface area contributed by atoms with Gasteiger partial charge in [-0.15, -0.1) is 0 Å². The molecule has 9 nitrogen and oxygen atoms in total. The summed E-state index contributed by atoms with van der Waals surface area (Å²) in [6.07, 6.45) is 1.91. The van der Waals surface area contributed by atoms with Crippen molar-refractivity contribution in [3.63, 3.8) is 0 Å². The van der Waals surface area contributed by atoms with Crippen LogP contribution in [0.15, 0.2) is 48.8 Å². The zero-order valence-corrected chi connectivity index (χ0v) is 17.9. The quantitative estimate of drug-likeness (QED) is 0.450. The van der Waals surface area contributed by atoms with Crippen molar-refractivity contribution in [1.29, 1.82) is 0 Å². The molecule has 1 saturated heterocycles. The van der Waals surface area contributed by atoms with E-state index in [2.05, 4.69) is 15.1 Å². The molecule has 1 aliphatic rings. The maximum absolute atomic E-state index is 13.4. The maximum atomic E-state index is 13.4. The highest BCUT2D eigenvalue weighted by Crippen LogP contribution is 2.33. The number of benzene rings is 2. The third-order valence-electron chi connectivity index (χ3n) is 5.76. The number of fused-ring (bicyclic) bond motifs is 1. The minimum atomic E-state index is -0.956. The first kappa shape index (κ1) is 21.6. The van der Waals surface area contributed by atoms with Gasteiger partial charge in [0.05, 0.1) is 18.0 Å². The fourth-order valence-electron chi connectivity index (χ4n) is 4.24. The first-order valence-corrected chi connectivity index (χ1v) is 10.6. The zero-order chi connectivity index (χ0) is 23.8. The molecule has 3 heterocycles. The van der Waals surface area contributed by atoms with E-state index < -0.39 is 17.7 Å². The van der Waals surface area contributed by atoms with Gasteiger partial charge in [-0.1, -0.05) is 0 Å². The first-order chi connectivity index (χ1) is 16.4. The number of aromatic nitrogens is 4. The van der Waals surface area contributed by atoms with Crippen molar-refractivity contribution in [3.8, 4) is 22.8 Å². The van der Waals surface area contributed by atoms with Gasteiger partial charge in [-0.2, -0.15) is 5.10 Å². The average molecular weight is 466 g/mol. The van der Waals surface area contributed by atoms with Crippen molar-refractivity contribution in [1.82, 2.24) is 24.6 Å². The molecule has 3 N–H and O–H groups in total. The Labute approximate surface area is 192 Å². The Morgan fingerprint density at radius 1 is 1.12 bits per heavy atom. The molecule has 34 heavy (non-hydrogen) atoms. The molecule has 0 aliphatic carbocycles. The van der Waals surface area contributed by atoms with Gasteiger partial charge in [-0.05, 0) is 37.1 Å². The molecule has 2 aromatic carbocycles. The van der Waals surface area contributed by atoms with Crippen molar-refractivity contribution in [2.45, 2.75) is 25.4 Å². The summed E-state index contributed by atoms with van der Waals surface area (Å²) in [7, 11) is 0. The van der Waals surface area contributed by atoms with Gasteiger partial charge >= 0.3 is 6.09 Å². The van der Waals surface area contributed by atoms with Gasteiger partial charge in [0, 0.05) is 30.3 Å². The smallest absolute Gasteiger partial charge is 0.407 e. The number of halogens is 2. The number of rotatable bonds is 5. The summed E-state index contributed by atoms with van der Waals surface area (Å²) in [6.45, 7) is 0.825. The second-order valence-electron chi connectivity index (χ2n) is 7.99. The molecule has 1 fully saturated rings. The summed E-state index contributed by atoms with van der Waals surface area (Å²) in [6, 6.07) is 9.50. The number of nitrogens with zero attached hydrogens (tertiary/aromatic N) is 5. The normalized spacial score (nSPS) is 15.7. The van der Waals surface area contributed by atoms with Crippen LogP contribution in [-0.2, 0) is 6.54 Å². The molecular formula is C23H20F2N6O3. The molecule has 1 atom stereocenters. The summed E-state index contributed by atoms with van der Waals surface area (Å²) in [5, 5.41) is 14.7. The lowest BCUT2D eigenvalue weighted by molar-refractivity contribution is 0.135. The monoisotopic (exact) mass is 466 g/mol. The predicted octanol–water partition coefficient (Wildman–Crippen LogP) is 4.29. The van der Waals surface area contributed by atoms with E-state index in [0.717, 1.165) is 31.0 Å². The van der Waals surface area contributed by atoms with Crippen LogP contribution in [0.2, 0.25) is 0 Å². The van der Waals surface area contributed by atoms with E-state index in [1.165, 1.54) is 11.2 Å². The minimum Gasteiger partial charge on any atom is -0.465 e. The molecule has 11 heteroatoms. The Kier molecular flexibility index (Phi) is 5.44. The SMILES string of the molecule is Nc1ncnc2c1c(-c1ccc(Oc3cc(F)cc(F)c3)cc1)nn2C[C@H]1CCCN1C(=O)O. The molecule has 0 radical (unpaired) electrons. The molecule has 174 valence electrons. The van der Waals surface area contributed by atoms with Crippen molar-refractivity contribution < 1.29 is 23.4 Å². The Hall–Kier alpha value is -4.28. The van der Waals surface area contributed by atoms with E-state index in [4.69, 9.17) is 10.5 Å². The van der Waals surface area contributed by atoms with Crippen molar-refractivity contribution in [3.05, 3.63) is 60.4 Å². The van der Waals surface area contributed by atoms with Crippen molar-refractivity contribution in [2.75, 3.05) is 12.3 Å². The fraction of sp³-hybridized carbons (Fsp3) is 0.217. The standard InChI is InChI=1S/C23H20F2N6O3/c24-14-8-15(25)10-18(9-14)34-17-5-3-13(4-6-17)20-19-21(26)27-12-28-22(19)31(29-20)11-16-2-1-7-30(16)23(32)33/h3-6,8-10,12,16H,1-2,7,11H2,(H,32,33)(H2,26,27,28)/t16-/m1/s1. The number of likely N-dealkylation sites (tertiary alicyclic amines) is 1. The third kappa shape index (κ3) is 4.07. The summed E-state index contributed by atoms with van der Waals surface area (Å²) in [5.74, 6) is -0.795. The van der Waals surface area contributed by atoms with Gasteiger partial charge in [0.2, 0.25) is 0 Å². The molecule has 0 bridgehead atoms. The van der Waals surface area contributed by atoms with Crippen LogP contribution in [0.3, 0.4) is 0 Å². The highest BCUT2D eigenvalue weighted by Gasteiger charge is 2.30. The summed E-state index contributed by atoms with van der Waals surface area (Å²) in [5.41, 5.74) is 7.89. The molecule has 0 unspecified atom stereocenters. The molecule has 1 amide bonds. The fourth-order valence-corrected chi connectivity index (χ4v) is 4.24. The van der Waals surface area contributed by atoms with E-state index in [-0.39, 0.29) is 17.6 Å². The number of ether oxygens (including phenoxy) is 1. The van der Waals surface area contributed by atoms with E-state index in [1.54, 1.807) is 28.9 Å². The highest BCUT2D eigenvalue weighted by molar-refractivity contribution is 5.98. The number of hydrogen-bond acceptors (Lipinski definition) is 6. The van der Waals surface area contributed by atoms with Crippen molar-refractivity contribution in [2.24, 2.45) is 0 Å². The highest BCUT2D eigenvalue weighted by atomic mass is 19.1. The number of carboxylic acid groups (broad SMARTS) is 1. The van der Waals surface area contributed by atoms with Crippen LogP contribution in [0.1, 0.15) is 12.8 Å². The van der Waals surface area contributed by atoms with Gasteiger partial charge in [-0.3, -0.25) is 0 Å². The van der Waals surface area contributed by atoms with Gasteiger partial charge in [0.15, 0.2) is 5.65 Å². The number of nitrogen functional groups attached to an aromatic ring is 1. The van der Waals surface area contributed by atoms with Crippen molar-refractivity contribution >= 4 is 22.9 Å². The first-order valence-electron chi connectivity index (χ1n) is 10.6. The Bertz CT molecular complexity index is 1360. The van der Waals surface area contributed by atoms with Crippen LogP contribution in [0.4, 0.5) is 19.4 Å². The van der Waals surface area contributed by atoms with E-state index >= 15 is 0 Å². The Balaban J connectivity index is 1.47. The third-order valence-corrected chi connectivity index (χ3v) is 5.76. The van der Waals surface area contributed by atoms with Gasteiger partial charge < -0.3 is 20.5 Å². The topological polar surface area (TPSA) is 119 Å². The number of anilines is 1. The van der Waals surface area contributed by atoms with Crippen LogP contribution >= 0.6 is 0 Å². The van der Waals surface area contributed by atoms with Crippen LogP contribution in [0.5, 0.6) is 11.5 Å². The molecule has 0 saturated carbocycles. The Morgan fingerprint density at radius 3 is 2.56 bits per heavy atom. The van der Waals surface area contributed by atoms with Crippen LogP contribution in [0, 0.1) is 11.6 Å². The second-order valence-corrected chi connectivity index (χ2v) is 7.99. The molecule has 4 aromatic rings. The number of nitrogens with two attached hydrogens (primary N) is 1. The number of carbonyl (C=O) groups is 1. The summed E-state index contributed by atoms with van der Waals surface area (Å²) >= 11 is 0. The predicted molar refractivity (Wildman–Crippen MR) is 119 cm³/mol. The lowest BCUT2D eigenvalue weighted by atomic mass is 10.1. The van der Waals surface area contributed by atoms with E-state index in [9.17, 15) is 18.7 Å². The molecule has 0 spiro atoms. The van der Waals surface area contributed by atoms with E-state index in [1.807, 2.05) is 0 Å². The van der Waals surface area contributed by atoms with Gasteiger partial charge in [0.1, 0.15) is 41.0 Å². The lowest BCUT2D eigenvalue weighted by Gasteiger charge is -2.21. The van der Waals surface area contributed by atoms with Crippen LogP contribution in [-0.4, -0.2) is 48.4 Å². The molecule has 1 aliphatic heterocycles. The minimum absolute atomic E-state index is 0.0390. The van der Waals surface area contributed by atoms with Crippen LogP contribution < -0.4 is 10.5 Å². The maximum Gasteiger partial charge on any atom is 0.407 e. The Morgan fingerprint density at radius 2 is 1.85 bits per heavy atom. The average Bonchev–Trinajstić information content (AvgIpc) is 3.40.